The maximum absolute atomic E-state index is 12.6. The Kier molecular flexibility index (Phi) is 5.32. The summed E-state index contributed by atoms with van der Waals surface area (Å²) in [6.07, 6.45) is -0.993. The predicted molar refractivity (Wildman–Crippen MR) is 93.0 cm³/mol. The van der Waals surface area contributed by atoms with Gasteiger partial charge in [-0.2, -0.15) is 0 Å². The number of esters is 1. The van der Waals surface area contributed by atoms with E-state index in [1.54, 1.807) is 6.07 Å². The van der Waals surface area contributed by atoms with Crippen LogP contribution in [0.3, 0.4) is 0 Å². The van der Waals surface area contributed by atoms with Crippen LogP contribution < -0.4 is 0 Å². The molecule has 0 aliphatic carbocycles. The molecule has 0 heterocycles. The number of ether oxygens (including phenoxy) is 1. The van der Waals surface area contributed by atoms with Crippen LogP contribution in [-0.4, -0.2) is 22.8 Å². The monoisotopic (exact) mass is 341 g/mol. The molecule has 2 rings (SSSR count). The Bertz CT molecular complexity index is 857. The van der Waals surface area contributed by atoms with Gasteiger partial charge in [-0.3, -0.25) is 14.9 Å². The zero-order valence-electron chi connectivity index (χ0n) is 14.5. The maximum Gasteiger partial charge on any atom is 0.339 e. The molecule has 130 valence electrons. The molecule has 0 N–H and O–H groups in total. The molecule has 0 saturated carbocycles. The number of carbonyl (C=O) groups excluding carboxylic acids is 2. The number of benzene rings is 2. The highest BCUT2D eigenvalue weighted by Crippen LogP contribution is 2.19. The number of nitro benzene ring substituents is 1. The fourth-order valence-corrected chi connectivity index (χ4v) is 2.47. The number of nitrogens with zero attached hydrogens (tertiary/aromatic N) is 1. The lowest BCUT2D eigenvalue weighted by Crippen LogP contribution is -2.25. The smallest absolute Gasteiger partial charge is 0.339 e. The van der Waals surface area contributed by atoms with E-state index >= 15 is 0 Å². The van der Waals surface area contributed by atoms with Crippen molar-refractivity contribution in [3.05, 3.63) is 74.3 Å². The van der Waals surface area contributed by atoms with Gasteiger partial charge in [-0.1, -0.05) is 12.1 Å². The third-order valence-electron chi connectivity index (χ3n) is 4.05. The summed E-state index contributed by atoms with van der Waals surface area (Å²) in [5.74, 6) is -1.08. The first-order chi connectivity index (χ1) is 11.7. The lowest BCUT2D eigenvalue weighted by molar-refractivity contribution is -0.384. The molecule has 6 heteroatoms. The summed E-state index contributed by atoms with van der Waals surface area (Å²) in [5, 5.41) is 10.8. The van der Waals surface area contributed by atoms with Crippen LogP contribution in [0, 0.1) is 30.9 Å². The SMILES string of the molecule is Cc1cc(C)c(C(=O)[C@H](C)OC(=O)c2cccc([N+](=O)[O-])c2)cc1C. The summed E-state index contributed by atoms with van der Waals surface area (Å²) in [7, 11) is 0. The Labute approximate surface area is 145 Å². The first kappa shape index (κ1) is 18.3. The van der Waals surface area contributed by atoms with Gasteiger partial charge < -0.3 is 4.74 Å². The van der Waals surface area contributed by atoms with Gasteiger partial charge in [0.25, 0.3) is 5.69 Å². The Morgan fingerprint density at radius 1 is 1.04 bits per heavy atom. The summed E-state index contributed by atoms with van der Waals surface area (Å²) in [6.45, 7) is 7.19. The van der Waals surface area contributed by atoms with Crippen LogP contribution in [0.25, 0.3) is 0 Å². The average molecular weight is 341 g/mol. The molecule has 0 amide bonds. The lowest BCUT2D eigenvalue weighted by Gasteiger charge is -2.15. The summed E-state index contributed by atoms with van der Waals surface area (Å²) >= 11 is 0. The number of hydrogen-bond donors (Lipinski definition) is 0. The fraction of sp³-hybridized carbons (Fsp3) is 0.263. The van der Waals surface area contributed by atoms with Gasteiger partial charge in [0.15, 0.2) is 6.10 Å². The maximum atomic E-state index is 12.6. The summed E-state index contributed by atoms with van der Waals surface area (Å²) < 4.78 is 5.20. The predicted octanol–water partition coefficient (Wildman–Crippen LogP) is 3.95. The van der Waals surface area contributed by atoms with Gasteiger partial charge in [-0.25, -0.2) is 4.79 Å². The van der Waals surface area contributed by atoms with Gasteiger partial charge in [0.1, 0.15) is 0 Å². The van der Waals surface area contributed by atoms with Crippen LogP contribution in [0.15, 0.2) is 36.4 Å². The van der Waals surface area contributed by atoms with Crippen molar-refractivity contribution in [1.29, 1.82) is 0 Å². The Morgan fingerprint density at radius 3 is 2.32 bits per heavy atom. The Morgan fingerprint density at radius 2 is 1.68 bits per heavy atom. The normalized spacial score (nSPS) is 11.7. The molecule has 0 radical (unpaired) electrons. The van der Waals surface area contributed by atoms with E-state index in [9.17, 15) is 19.7 Å². The third-order valence-corrected chi connectivity index (χ3v) is 4.05. The molecule has 0 aromatic heterocycles. The van der Waals surface area contributed by atoms with Crippen LogP contribution >= 0.6 is 0 Å². The molecule has 6 nitrogen and oxygen atoms in total. The fourth-order valence-electron chi connectivity index (χ4n) is 2.47. The van der Waals surface area contributed by atoms with Gasteiger partial charge in [0.2, 0.25) is 5.78 Å². The molecular weight excluding hydrogens is 322 g/mol. The molecule has 1 atom stereocenters. The second-order valence-electron chi connectivity index (χ2n) is 5.97. The van der Waals surface area contributed by atoms with Gasteiger partial charge in [0.05, 0.1) is 10.5 Å². The minimum atomic E-state index is -0.993. The molecular formula is C19H19NO5. The second-order valence-corrected chi connectivity index (χ2v) is 5.97. The average Bonchev–Trinajstić information content (AvgIpc) is 2.57. The molecule has 0 aliphatic rings. The molecule has 0 aliphatic heterocycles. The number of hydrogen-bond acceptors (Lipinski definition) is 5. The van der Waals surface area contributed by atoms with E-state index in [0.29, 0.717) is 5.56 Å². The Hall–Kier alpha value is -3.02. The molecule has 0 bridgehead atoms. The summed E-state index contributed by atoms with van der Waals surface area (Å²) in [6, 6.07) is 8.91. The number of rotatable bonds is 5. The number of nitro groups is 1. The largest absolute Gasteiger partial charge is 0.451 e. The van der Waals surface area contributed by atoms with Crippen molar-refractivity contribution in [3.63, 3.8) is 0 Å². The Balaban J connectivity index is 2.19. The van der Waals surface area contributed by atoms with E-state index in [4.69, 9.17) is 4.74 Å². The highest BCUT2D eigenvalue weighted by atomic mass is 16.6. The standard InChI is InChI=1S/C19H19NO5/c1-11-8-13(3)17(9-12(11)2)18(21)14(4)25-19(22)15-6-5-7-16(10-15)20(23)24/h5-10,14H,1-4H3/t14-/m0/s1. The van der Waals surface area contributed by atoms with Gasteiger partial charge in [-0.05, 0) is 56.5 Å². The first-order valence-corrected chi connectivity index (χ1v) is 7.78. The number of Topliss-reactive ketones (excluding diaryl/α,β-unsaturated/α-hetero) is 1. The van der Waals surface area contributed by atoms with Crippen molar-refractivity contribution in [2.75, 3.05) is 0 Å². The van der Waals surface area contributed by atoms with Gasteiger partial charge >= 0.3 is 5.97 Å². The minimum absolute atomic E-state index is 0.0330. The van der Waals surface area contributed by atoms with Crippen molar-refractivity contribution in [3.8, 4) is 0 Å². The van der Waals surface area contributed by atoms with E-state index < -0.39 is 17.0 Å². The van der Waals surface area contributed by atoms with Crippen LogP contribution in [-0.2, 0) is 4.74 Å². The van der Waals surface area contributed by atoms with E-state index in [2.05, 4.69) is 0 Å². The highest BCUT2D eigenvalue weighted by molar-refractivity contribution is 6.02. The zero-order valence-corrected chi connectivity index (χ0v) is 14.5. The number of aryl methyl sites for hydroxylation is 3. The van der Waals surface area contributed by atoms with E-state index in [1.807, 2.05) is 26.8 Å². The van der Waals surface area contributed by atoms with Gasteiger partial charge in [-0.15, -0.1) is 0 Å². The van der Waals surface area contributed by atoms with Crippen molar-refractivity contribution < 1.29 is 19.2 Å². The number of non-ortho nitro benzene ring substituents is 1. The van der Waals surface area contributed by atoms with E-state index in [-0.39, 0.29) is 17.0 Å². The van der Waals surface area contributed by atoms with Crippen LogP contribution in [0.2, 0.25) is 0 Å². The zero-order chi connectivity index (χ0) is 18.7. The van der Waals surface area contributed by atoms with Crippen molar-refractivity contribution in [2.45, 2.75) is 33.8 Å². The van der Waals surface area contributed by atoms with Crippen LogP contribution in [0.4, 0.5) is 5.69 Å². The molecule has 0 saturated heterocycles. The number of carbonyl (C=O) groups is 2. The number of ketones is 1. The quantitative estimate of drug-likeness (QED) is 0.356. The van der Waals surface area contributed by atoms with Gasteiger partial charge in [0, 0.05) is 17.7 Å². The highest BCUT2D eigenvalue weighted by Gasteiger charge is 2.23. The van der Waals surface area contributed by atoms with Crippen molar-refractivity contribution >= 4 is 17.4 Å². The third kappa shape index (κ3) is 4.09. The summed E-state index contributed by atoms with van der Waals surface area (Å²) in [5.41, 5.74) is 3.19. The molecule has 0 unspecified atom stereocenters. The van der Waals surface area contributed by atoms with Crippen molar-refractivity contribution in [2.24, 2.45) is 0 Å². The second kappa shape index (κ2) is 7.25. The van der Waals surface area contributed by atoms with E-state index in [0.717, 1.165) is 22.8 Å². The lowest BCUT2D eigenvalue weighted by atomic mass is 9.96. The topological polar surface area (TPSA) is 86.5 Å². The van der Waals surface area contributed by atoms with Crippen molar-refractivity contribution in [1.82, 2.24) is 0 Å². The van der Waals surface area contributed by atoms with Crippen LogP contribution in [0.5, 0.6) is 0 Å². The summed E-state index contributed by atoms with van der Waals surface area (Å²) in [4.78, 5) is 35.0. The van der Waals surface area contributed by atoms with Crippen LogP contribution in [0.1, 0.15) is 44.3 Å². The molecule has 0 fully saturated rings. The first-order valence-electron chi connectivity index (χ1n) is 7.78. The molecule has 2 aromatic rings. The molecule has 25 heavy (non-hydrogen) atoms. The molecule has 2 aromatic carbocycles. The van der Waals surface area contributed by atoms with E-state index in [1.165, 1.54) is 25.1 Å². The minimum Gasteiger partial charge on any atom is -0.451 e. The molecule has 0 spiro atoms.